The molecule has 0 bridgehead atoms. The predicted molar refractivity (Wildman–Crippen MR) is 71.6 cm³/mol. The summed E-state index contributed by atoms with van der Waals surface area (Å²) in [6, 6.07) is 0. The number of nitrogens with one attached hydrogen (secondary N) is 1. The number of hydrogen-bond donors (Lipinski definition) is 2. The van der Waals surface area contributed by atoms with Crippen LogP contribution in [0.5, 0.6) is 0 Å². The van der Waals surface area contributed by atoms with Gasteiger partial charge in [0.15, 0.2) is 0 Å². The van der Waals surface area contributed by atoms with Crippen molar-refractivity contribution in [3.05, 3.63) is 11.4 Å². The van der Waals surface area contributed by atoms with Crippen LogP contribution in [-0.4, -0.2) is 35.8 Å². The zero-order chi connectivity index (χ0) is 13.1. The van der Waals surface area contributed by atoms with Gasteiger partial charge in [-0.05, 0) is 20.3 Å². The number of hydrazine groups is 1. The molecule has 1 aliphatic rings. The monoisotopic (exact) mass is 251 g/mol. The van der Waals surface area contributed by atoms with Crippen molar-refractivity contribution in [2.75, 3.05) is 30.0 Å². The Morgan fingerprint density at radius 2 is 2.22 bits per heavy atom. The summed E-state index contributed by atoms with van der Waals surface area (Å²) in [7, 11) is 0. The molecule has 1 aromatic heterocycles. The predicted octanol–water partition coefficient (Wildman–Crippen LogP) is 0.994. The molecule has 0 spiro atoms. The lowest BCUT2D eigenvalue weighted by Gasteiger charge is -2.34. The molecule has 0 saturated carbocycles. The van der Waals surface area contributed by atoms with Crippen molar-refractivity contribution >= 4 is 11.6 Å². The summed E-state index contributed by atoms with van der Waals surface area (Å²) < 4.78 is 5.68. The third-order valence-corrected chi connectivity index (χ3v) is 3.26. The van der Waals surface area contributed by atoms with Gasteiger partial charge in [0.2, 0.25) is 0 Å². The molecule has 0 radical (unpaired) electrons. The molecule has 1 saturated heterocycles. The fraction of sp³-hybridized carbons (Fsp3) is 0.667. The van der Waals surface area contributed by atoms with Crippen molar-refractivity contribution in [3.63, 3.8) is 0 Å². The largest absolute Gasteiger partial charge is 0.375 e. The van der Waals surface area contributed by atoms with Crippen LogP contribution in [0.1, 0.15) is 24.7 Å². The number of nitrogens with zero attached hydrogens (tertiary/aromatic N) is 3. The van der Waals surface area contributed by atoms with Crippen LogP contribution in [0, 0.1) is 13.8 Å². The molecule has 6 nitrogen and oxygen atoms in total. The summed E-state index contributed by atoms with van der Waals surface area (Å²) in [4.78, 5) is 11.1. The molecule has 2 rings (SSSR count). The molecule has 1 unspecified atom stereocenters. The highest BCUT2D eigenvalue weighted by Crippen LogP contribution is 2.25. The lowest BCUT2D eigenvalue weighted by molar-refractivity contribution is 0.0381. The summed E-state index contributed by atoms with van der Waals surface area (Å²) in [5, 5.41) is 0. The summed E-state index contributed by atoms with van der Waals surface area (Å²) in [5.41, 5.74) is 3.62. The molecule has 3 N–H and O–H groups in total. The van der Waals surface area contributed by atoms with Crippen molar-refractivity contribution in [3.8, 4) is 0 Å². The average Bonchev–Trinajstić information content (AvgIpc) is 2.41. The minimum Gasteiger partial charge on any atom is -0.375 e. The fourth-order valence-electron chi connectivity index (χ4n) is 2.22. The second-order valence-electron chi connectivity index (χ2n) is 4.56. The van der Waals surface area contributed by atoms with Crippen LogP contribution in [0.4, 0.5) is 11.6 Å². The minimum atomic E-state index is 0.280. The molecule has 0 aliphatic carbocycles. The van der Waals surface area contributed by atoms with Gasteiger partial charge in [0.05, 0.1) is 12.7 Å². The first-order valence-corrected chi connectivity index (χ1v) is 6.34. The highest BCUT2D eigenvalue weighted by atomic mass is 16.5. The number of nitrogens with two attached hydrogens (primary N) is 1. The molecular formula is C12H21N5O. The Morgan fingerprint density at radius 3 is 2.89 bits per heavy atom. The number of ether oxygens (including phenoxy) is 1. The van der Waals surface area contributed by atoms with Crippen molar-refractivity contribution in [2.45, 2.75) is 33.3 Å². The Morgan fingerprint density at radius 1 is 1.44 bits per heavy atom. The van der Waals surface area contributed by atoms with Gasteiger partial charge in [-0.1, -0.05) is 6.92 Å². The van der Waals surface area contributed by atoms with E-state index < -0.39 is 0 Å². The number of hydrogen-bond acceptors (Lipinski definition) is 6. The Balaban J connectivity index is 2.29. The molecule has 0 amide bonds. The van der Waals surface area contributed by atoms with E-state index in [-0.39, 0.29) is 6.10 Å². The lowest BCUT2D eigenvalue weighted by atomic mass is 10.2. The van der Waals surface area contributed by atoms with Crippen molar-refractivity contribution in [1.82, 2.24) is 9.97 Å². The maximum absolute atomic E-state index is 5.68. The van der Waals surface area contributed by atoms with Crippen LogP contribution in [0.25, 0.3) is 0 Å². The van der Waals surface area contributed by atoms with Crippen LogP contribution in [0.2, 0.25) is 0 Å². The smallest absolute Gasteiger partial charge is 0.148 e. The van der Waals surface area contributed by atoms with E-state index in [0.29, 0.717) is 5.82 Å². The molecule has 0 aromatic carbocycles. The highest BCUT2D eigenvalue weighted by molar-refractivity contribution is 5.58. The van der Waals surface area contributed by atoms with E-state index in [4.69, 9.17) is 10.6 Å². The number of aromatic nitrogens is 2. The van der Waals surface area contributed by atoms with E-state index in [9.17, 15) is 0 Å². The van der Waals surface area contributed by atoms with Crippen molar-refractivity contribution in [1.29, 1.82) is 0 Å². The van der Waals surface area contributed by atoms with Crippen LogP contribution in [-0.2, 0) is 4.74 Å². The van der Waals surface area contributed by atoms with Gasteiger partial charge in [-0.3, -0.25) is 0 Å². The Kier molecular flexibility index (Phi) is 3.98. The summed E-state index contributed by atoms with van der Waals surface area (Å²) >= 11 is 0. The van der Waals surface area contributed by atoms with Crippen molar-refractivity contribution < 1.29 is 4.74 Å². The van der Waals surface area contributed by atoms with E-state index in [1.165, 1.54) is 0 Å². The highest BCUT2D eigenvalue weighted by Gasteiger charge is 2.22. The van der Waals surface area contributed by atoms with E-state index in [0.717, 1.165) is 43.3 Å². The molecular weight excluding hydrogens is 230 g/mol. The Labute approximate surface area is 108 Å². The molecule has 2 heterocycles. The maximum Gasteiger partial charge on any atom is 0.148 e. The van der Waals surface area contributed by atoms with Gasteiger partial charge >= 0.3 is 0 Å². The maximum atomic E-state index is 5.68. The van der Waals surface area contributed by atoms with Gasteiger partial charge in [0.25, 0.3) is 0 Å². The third kappa shape index (κ3) is 2.54. The first-order chi connectivity index (χ1) is 8.65. The summed E-state index contributed by atoms with van der Waals surface area (Å²) in [5.74, 6) is 7.86. The van der Waals surface area contributed by atoms with Crippen LogP contribution >= 0.6 is 0 Å². The van der Waals surface area contributed by atoms with Gasteiger partial charge in [0.1, 0.15) is 17.5 Å². The Hall–Kier alpha value is -1.40. The summed E-state index contributed by atoms with van der Waals surface area (Å²) in [6.45, 7) is 8.48. The van der Waals surface area contributed by atoms with Gasteiger partial charge in [0, 0.05) is 18.7 Å². The van der Waals surface area contributed by atoms with Gasteiger partial charge in [-0.2, -0.15) is 0 Å². The third-order valence-electron chi connectivity index (χ3n) is 3.26. The molecule has 1 atom stereocenters. The molecule has 1 aliphatic heterocycles. The fourth-order valence-corrected chi connectivity index (χ4v) is 2.22. The molecule has 18 heavy (non-hydrogen) atoms. The van der Waals surface area contributed by atoms with Crippen LogP contribution in [0.3, 0.4) is 0 Å². The second-order valence-corrected chi connectivity index (χ2v) is 4.56. The molecule has 1 fully saturated rings. The zero-order valence-corrected chi connectivity index (χ0v) is 11.2. The van der Waals surface area contributed by atoms with Crippen LogP contribution < -0.4 is 16.2 Å². The van der Waals surface area contributed by atoms with E-state index in [2.05, 4.69) is 27.2 Å². The van der Waals surface area contributed by atoms with Crippen LogP contribution in [0.15, 0.2) is 0 Å². The van der Waals surface area contributed by atoms with E-state index >= 15 is 0 Å². The quantitative estimate of drug-likeness (QED) is 0.616. The topological polar surface area (TPSA) is 76.3 Å². The average molecular weight is 251 g/mol. The van der Waals surface area contributed by atoms with Gasteiger partial charge in [-0.15, -0.1) is 0 Å². The SMILES string of the molecule is CCC1CN(c2nc(C)nc(NN)c2C)CCO1. The van der Waals surface area contributed by atoms with E-state index in [1.807, 2.05) is 13.8 Å². The second kappa shape index (κ2) is 5.49. The standard InChI is InChI=1S/C12H21N5O/c1-4-10-7-17(5-6-18-10)12-8(2)11(16-13)14-9(3)15-12/h10H,4-7,13H2,1-3H3,(H,14,15,16). The van der Waals surface area contributed by atoms with Crippen molar-refractivity contribution in [2.24, 2.45) is 5.84 Å². The number of rotatable bonds is 3. The van der Waals surface area contributed by atoms with Gasteiger partial charge < -0.3 is 15.1 Å². The van der Waals surface area contributed by atoms with E-state index in [1.54, 1.807) is 0 Å². The lowest BCUT2D eigenvalue weighted by Crippen LogP contribution is -2.43. The zero-order valence-electron chi connectivity index (χ0n) is 11.2. The number of nitrogen functional groups attached to an aromatic ring is 1. The molecule has 1 aromatic rings. The first kappa shape index (κ1) is 13.0. The molecule has 6 heteroatoms. The number of aryl methyl sites for hydroxylation is 1. The minimum absolute atomic E-state index is 0.280. The number of morpholine rings is 1. The Bertz CT molecular complexity index is 423. The molecule has 100 valence electrons. The van der Waals surface area contributed by atoms with Gasteiger partial charge in [-0.25, -0.2) is 15.8 Å². The first-order valence-electron chi connectivity index (χ1n) is 6.34. The summed E-state index contributed by atoms with van der Waals surface area (Å²) in [6.07, 6.45) is 1.30. The normalized spacial score (nSPS) is 20.0. The number of anilines is 2.